The third-order valence-corrected chi connectivity index (χ3v) is 3.46. The average molecular weight is 418 g/mol. The molecule has 2 aromatic rings. The summed E-state index contributed by atoms with van der Waals surface area (Å²) < 4.78 is 5.03. The Morgan fingerprint density at radius 3 is 2.52 bits per heavy atom. The van der Waals surface area contributed by atoms with E-state index in [4.69, 9.17) is 4.74 Å². The Morgan fingerprint density at radius 1 is 1.24 bits per heavy atom. The minimum atomic E-state index is 0. The highest BCUT2D eigenvalue weighted by Crippen LogP contribution is 2.06. The fourth-order valence-electron chi connectivity index (χ4n) is 1.62. The summed E-state index contributed by atoms with van der Waals surface area (Å²) in [6.45, 7) is 1.43. The summed E-state index contributed by atoms with van der Waals surface area (Å²) in [7, 11) is 3.37. The number of pyridine rings is 1. The molecule has 0 amide bonds. The first-order valence-electron chi connectivity index (χ1n) is 6.26. The fraction of sp³-hybridized carbons (Fsp3) is 0.286. The van der Waals surface area contributed by atoms with E-state index in [0.29, 0.717) is 12.4 Å². The second-order valence-electron chi connectivity index (χ2n) is 4.12. The third-order valence-electron chi connectivity index (χ3n) is 2.73. The van der Waals surface area contributed by atoms with Gasteiger partial charge in [-0.3, -0.25) is 4.99 Å². The summed E-state index contributed by atoms with van der Waals surface area (Å²) >= 11 is 1.69. The van der Waals surface area contributed by atoms with Crippen LogP contribution in [0.5, 0.6) is 5.88 Å². The molecule has 0 saturated carbocycles. The van der Waals surface area contributed by atoms with Crippen molar-refractivity contribution in [2.75, 3.05) is 14.2 Å². The summed E-state index contributed by atoms with van der Waals surface area (Å²) in [5.41, 5.74) is 2.33. The molecule has 0 aliphatic carbocycles. The van der Waals surface area contributed by atoms with Crippen LogP contribution in [0, 0.1) is 0 Å². The lowest BCUT2D eigenvalue weighted by Crippen LogP contribution is -2.36. The Morgan fingerprint density at radius 2 is 2.00 bits per heavy atom. The van der Waals surface area contributed by atoms with Gasteiger partial charge in [0.2, 0.25) is 5.88 Å². The van der Waals surface area contributed by atoms with Crippen LogP contribution in [0.15, 0.2) is 40.1 Å². The van der Waals surface area contributed by atoms with Gasteiger partial charge in [0, 0.05) is 32.4 Å². The summed E-state index contributed by atoms with van der Waals surface area (Å²) in [5, 5.41) is 10.7. The van der Waals surface area contributed by atoms with Crippen LogP contribution in [0.1, 0.15) is 11.1 Å². The molecule has 0 radical (unpaired) electrons. The van der Waals surface area contributed by atoms with Gasteiger partial charge in [0.15, 0.2) is 5.96 Å². The van der Waals surface area contributed by atoms with Crippen molar-refractivity contribution in [1.29, 1.82) is 0 Å². The smallest absolute Gasteiger partial charge is 0.212 e. The number of rotatable bonds is 5. The number of hydrogen-bond donors (Lipinski definition) is 2. The average Bonchev–Trinajstić information content (AvgIpc) is 3.01. The first kappa shape index (κ1) is 17.7. The van der Waals surface area contributed by atoms with Crippen LogP contribution in [0.4, 0.5) is 0 Å². The van der Waals surface area contributed by atoms with Crippen LogP contribution < -0.4 is 15.4 Å². The molecule has 114 valence electrons. The maximum absolute atomic E-state index is 5.03. The van der Waals surface area contributed by atoms with Crippen LogP contribution >= 0.6 is 35.3 Å². The Labute approximate surface area is 145 Å². The zero-order chi connectivity index (χ0) is 14.2. The predicted molar refractivity (Wildman–Crippen MR) is 97.6 cm³/mol. The Kier molecular flexibility index (Phi) is 8.06. The van der Waals surface area contributed by atoms with Crippen LogP contribution in [0.25, 0.3) is 0 Å². The molecule has 0 aliphatic rings. The second-order valence-corrected chi connectivity index (χ2v) is 4.90. The third kappa shape index (κ3) is 5.88. The zero-order valence-electron chi connectivity index (χ0n) is 12.0. The van der Waals surface area contributed by atoms with Crippen molar-refractivity contribution in [2.24, 2.45) is 4.99 Å². The molecule has 0 fully saturated rings. The molecule has 2 N–H and O–H groups in total. The van der Waals surface area contributed by atoms with E-state index in [2.05, 4.69) is 37.4 Å². The SMILES string of the molecule is CN=C(NCc1ccc(OC)nc1)NCc1ccsc1.I. The van der Waals surface area contributed by atoms with E-state index in [1.54, 1.807) is 31.7 Å². The Bertz CT molecular complexity index is 543. The maximum atomic E-state index is 5.03. The number of thiophene rings is 1. The quantitative estimate of drug-likeness (QED) is 0.446. The molecule has 2 heterocycles. The van der Waals surface area contributed by atoms with E-state index in [1.165, 1.54) is 5.56 Å². The van der Waals surface area contributed by atoms with Crippen LogP contribution in [0.3, 0.4) is 0 Å². The van der Waals surface area contributed by atoms with Crippen molar-refractivity contribution in [3.63, 3.8) is 0 Å². The topological polar surface area (TPSA) is 58.5 Å². The lowest BCUT2D eigenvalue weighted by Gasteiger charge is -2.11. The van der Waals surface area contributed by atoms with E-state index in [1.807, 2.05) is 12.1 Å². The van der Waals surface area contributed by atoms with Crippen molar-refractivity contribution < 1.29 is 4.74 Å². The normalized spacial score (nSPS) is 10.7. The molecule has 7 heteroatoms. The van der Waals surface area contributed by atoms with E-state index in [-0.39, 0.29) is 24.0 Å². The molecule has 2 rings (SSSR count). The van der Waals surface area contributed by atoms with Crippen molar-refractivity contribution in [3.8, 4) is 5.88 Å². The van der Waals surface area contributed by atoms with Gasteiger partial charge in [-0.05, 0) is 28.0 Å². The number of aromatic nitrogens is 1. The number of nitrogens with one attached hydrogen (secondary N) is 2. The number of guanidine groups is 1. The summed E-state index contributed by atoms with van der Waals surface area (Å²) in [5.74, 6) is 1.39. The molecule has 0 aromatic carbocycles. The highest BCUT2D eigenvalue weighted by Gasteiger charge is 2.00. The molecule has 5 nitrogen and oxygen atoms in total. The highest BCUT2D eigenvalue weighted by molar-refractivity contribution is 14.0. The number of ether oxygens (including phenoxy) is 1. The largest absolute Gasteiger partial charge is 0.481 e. The number of methoxy groups -OCH3 is 1. The van der Waals surface area contributed by atoms with E-state index in [0.717, 1.165) is 18.1 Å². The minimum Gasteiger partial charge on any atom is -0.481 e. The Balaban J connectivity index is 0.00000220. The Hall–Kier alpha value is -1.35. The molecular weight excluding hydrogens is 399 g/mol. The van der Waals surface area contributed by atoms with Crippen molar-refractivity contribution in [1.82, 2.24) is 15.6 Å². The van der Waals surface area contributed by atoms with Crippen molar-refractivity contribution in [3.05, 3.63) is 46.3 Å². The van der Waals surface area contributed by atoms with Gasteiger partial charge in [-0.25, -0.2) is 4.98 Å². The molecule has 0 unspecified atom stereocenters. The van der Waals surface area contributed by atoms with Crippen LogP contribution in [0.2, 0.25) is 0 Å². The molecule has 0 bridgehead atoms. The fourth-order valence-corrected chi connectivity index (χ4v) is 2.29. The van der Waals surface area contributed by atoms with Gasteiger partial charge in [-0.15, -0.1) is 24.0 Å². The minimum absolute atomic E-state index is 0. The molecule has 2 aromatic heterocycles. The summed E-state index contributed by atoms with van der Waals surface area (Å²) in [4.78, 5) is 8.36. The molecule has 0 atom stereocenters. The van der Waals surface area contributed by atoms with Gasteiger partial charge >= 0.3 is 0 Å². The standard InChI is InChI=1S/C14H18N4OS.HI/c1-15-14(18-9-12-5-6-20-10-12)17-8-11-3-4-13(19-2)16-7-11;/h3-7,10H,8-9H2,1-2H3,(H2,15,17,18);1H. The van der Waals surface area contributed by atoms with E-state index in [9.17, 15) is 0 Å². The molecular formula is C14H19IN4OS. The number of halogens is 1. The molecule has 0 saturated heterocycles. The van der Waals surface area contributed by atoms with E-state index < -0.39 is 0 Å². The number of nitrogens with zero attached hydrogens (tertiary/aromatic N) is 2. The van der Waals surface area contributed by atoms with Gasteiger partial charge in [-0.2, -0.15) is 11.3 Å². The summed E-state index contributed by atoms with van der Waals surface area (Å²) in [6, 6.07) is 5.92. The number of aliphatic imine (C=N–C) groups is 1. The van der Waals surface area contributed by atoms with Crippen molar-refractivity contribution in [2.45, 2.75) is 13.1 Å². The van der Waals surface area contributed by atoms with Gasteiger partial charge in [0.1, 0.15) is 0 Å². The first-order valence-corrected chi connectivity index (χ1v) is 7.20. The number of hydrogen-bond acceptors (Lipinski definition) is 4. The van der Waals surface area contributed by atoms with Crippen LogP contribution in [-0.4, -0.2) is 25.1 Å². The highest BCUT2D eigenvalue weighted by atomic mass is 127. The van der Waals surface area contributed by atoms with Gasteiger partial charge in [0.25, 0.3) is 0 Å². The maximum Gasteiger partial charge on any atom is 0.212 e. The summed E-state index contributed by atoms with van der Waals surface area (Å²) in [6.07, 6.45) is 1.79. The van der Waals surface area contributed by atoms with E-state index >= 15 is 0 Å². The lowest BCUT2D eigenvalue weighted by molar-refractivity contribution is 0.397. The molecule has 0 spiro atoms. The van der Waals surface area contributed by atoms with Gasteiger partial charge < -0.3 is 15.4 Å². The molecule has 0 aliphatic heterocycles. The monoisotopic (exact) mass is 418 g/mol. The van der Waals surface area contributed by atoms with Crippen molar-refractivity contribution >= 4 is 41.3 Å². The van der Waals surface area contributed by atoms with Crippen LogP contribution in [-0.2, 0) is 13.1 Å². The second kappa shape index (κ2) is 9.56. The van der Waals surface area contributed by atoms with Gasteiger partial charge in [-0.1, -0.05) is 6.07 Å². The first-order chi connectivity index (χ1) is 9.81. The lowest BCUT2D eigenvalue weighted by atomic mass is 10.3. The zero-order valence-corrected chi connectivity index (χ0v) is 15.1. The molecule has 21 heavy (non-hydrogen) atoms. The predicted octanol–water partition coefficient (Wildman–Crippen LogP) is 2.63. The van der Waals surface area contributed by atoms with Gasteiger partial charge in [0.05, 0.1) is 7.11 Å².